The molecular formula is C15H25N3O. The molecule has 3 N–H and O–H groups in total. The van der Waals surface area contributed by atoms with Gasteiger partial charge in [-0.15, -0.1) is 0 Å². The van der Waals surface area contributed by atoms with Crippen molar-refractivity contribution >= 4 is 17.3 Å². The number of likely N-dealkylation sites (N-methyl/N-ethyl adjacent to an activating group) is 1. The van der Waals surface area contributed by atoms with Gasteiger partial charge in [-0.1, -0.05) is 20.8 Å². The molecule has 0 saturated carbocycles. The number of carbonyl (C=O) groups excluding carboxylic acids is 1. The molecule has 106 valence electrons. The van der Waals surface area contributed by atoms with Crippen LogP contribution in [0.3, 0.4) is 0 Å². The summed E-state index contributed by atoms with van der Waals surface area (Å²) in [6, 6.07) is 5.49. The van der Waals surface area contributed by atoms with Gasteiger partial charge in [0.2, 0.25) is 5.91 Å². The van der Waals surface area contributed by atoms with E-state index in [4.69, 9.17) is 5.73 Å². The van der Waals surface area contributed by atoms with Crippen molar-refractivity contribution in [1.29, 1.82) is 0 Å². The Bertz CT molecular complexity index is 449. The quantitative estimate of drug-likeness (QED) is 0.821. The number of nitrogens with one attached hydrogen (secondary N) is 1. The van der Waals surface area contributed by atoms with E-state index in [1.54, 1.807) is 6.07 Å². The number of nitrogen functional groups attached to an aromatic ring is 1. The van der Waals surface area contributed by atoms with Crippen molar-refractivity contribution in [2.75, 3.05) is 31.2 Å². The first-order valence-corrected chi connectivity index (χ1v) is 6.52. The summed E-state index contributed by atoms with van der Waals surface area (Å²) in [7, 11) is 1.96. The Morgan fingerprint density at radius 3 is 2.53 bits per heavy atom. The second-order valence-electron chi connectivity index (χ2n) is 6.36. The van der Waals surface area contributed by atoms with Crippen LogP contribution < -0.4 is 11.1 Å². The summed E-state index contributed by atoms with van der Waals surface area (Å²) in [5.41, 5.74) is 8.38. The second-order valence-corrected chi connectivity index (χ2v) is 6.36. The maximum absolute atomic E-state index is 12.0. The van der Waals surface area contributed by atoms with E-state index in [2.05, 4.69) is 26.1 Å². The number of rotatable bonds is 4. The third kappa shape index (κ3) is 5.75. The van der Waals surface area contributed by atoms with Crippen molar-refractivity contribution < 1.29 is 4.79 Å². The lowest BCUT2D eigenvalue weighted by Gasteiger charge is -2.26. The third-order valence-electron chi connectivity index (χ3n) is 2.68. The molecule has 0 saturated heterocycles. The van der Waals surface area contributed by atoms with Crippen molar-refractivity contribution in [2.45, 2.75) is 27.7 Å². The molecular weight excluding hydrogens is 238 g/mol. The molecule has 0 radical (unpaired) electrons. The number of anilines is 2. The average molecular weight is 263 g/mol. The van der Waals surface area contributed by atoms with Gasteiger partial charge in [0.15, 0.2) is 0 Å². The van der Waals surface area contributed by atoms with Gasteiger partial charge in [-0.25, -0.2) is 0 Å². The fraction of sp³-hybridized carbons (Fsp3) is 0.533. The zero-order chi connectivity index (χ0) is 14.6. The molecule has 0 aliphatic rings. The topological polar surface area (TPSA) is 58.4 Å². The van der Waals surface area contributed by atoms with Crippen LogP contribution in [0, 0.1) is 12.3 Å². The number of nitrogens with two attached hydrogens (primary N) is 1. The summed E-state index contributed by atoms with van der Waals surface area (Å²) >= 11 is 0. The van der Waals surface area contributed by atoms with Crippen LogP contribution in [-0.4, -0.2) is 30.9 Å². The largest absolute Gasteiger partial charge is 0.399 e. The van der Waals surface area contributed by atoms with Crippen molar-refractivity contribution in [1.82, 2.24) is 4.90 Å². The number of hydrogen-bond donors (Lipinski definition) is 2. The summed E-state index contributed by atoms with van der Waals surface area (Å²) in [4.78, 5) is 14.0. The summed E-state index contributed by atoms with van der Waals surface area (Å²) in [6.45, 7) is 9.68. The molecule has 0 atom stereocenters. The maximum Gasteiger partial charge on any atom is 0.238 e. The zero-order valence-electron chi connectivity index (χ0n) is 12.6. The normalized spacial score (nSPS) is 11.7. The number of aryl methyl sites for hydroxylation is 1. The molecule has 1 amide bonds. The van der Waals surface area contributed by atoms with Gasteiger partial charge in [-0.05, 0) is 43.1 Å². The van der Waals surface area contributed by atoms with Crippen molar-refractivity contribution in [3.63, 3.8) is 0 Å². The number of carbonyl (C=O) groups is 1. The fourth-order valence-corrected chi connectivity index (χ4v) is 2.13. The van der Waals surface area contributed by atoms with Crippen LogP contribution in [0.2, 0.25) is 0 Å². The highest BCUT2D eigenvalue weighted by Crippen LogP contribution is 2.18. The SMILES string of the molecule is Cc1cc(N)ccc1NC(=O)CN(C)CC(C)(C)C. The van der Waals surface area contributed by atoms with E-state index in [1.807, 2.05) is 31.0 Å². The minimum absolute atomic E-state index is 0.000351. The predicted molar refractivity (Wildman–Crippen MR) is 81.2 cm³/mol. The zero-order valence-corrected chi connectivity index (χ0v) is 12.6. The lowest BCUT2D eigenvalue weighted by Crippen LogP contribution is -2.35. The Kier molecular flexibility index (Phi) is 4.95. The van der Waals surface area contributed by atoms with Crippen LogP contribution in [0.25, 0.3) is 0 Å². The number of nitrogens with zero attached hydrogens (tertiary/aromatic N) is 1. The van der Waals surface area contributed by atoms with E-state index in [0.717, 1.165) is 17.8 Å². The van der Waals surface area contributed by atoms with Gasteiger partial charge in [-0.2, -0.15) is 0 Å². The molecule has 1 aromatic rings. The molecule has 0 unspecified atom stereocenters. The van der Waals surface area contributed by atoms with E-state index < -0.39 is 0 Å². The molecule has 1 aromatic carbocycles. The van der Waals surface area contributed by atoms with Gasteiger partial charge in [0, 0.05) is 17.9 Å². The fourth-order valence-electron chi connectivity index (χ4n) is 2.13. The predicted octanol–water partition coefficient (Wildman–Crippen LogP) is 2.49. The molecule has 0 aliphatic heterocycles. The Hall–Kier alpha value is -1.55. The number of benzene rings is 1. The van der Waals surface area contributed by atoms with Crippen LogP contribution in [0.15, 0.2) is 18.2 Å². The number of hydrogen-bond acceptors (Lipinski definition) is 3. The molecule has 0 spiro atoms. The van der Waals surface area contributed by atoms with Crippen LogP contribution in [0.1, 0.15) is 26.3 Å². The van der Waals surface area contributed by atoms with Crippen LogP contribution in [-0.2, 0) is 4.79 Å². The molecule has 0 bridgehead atoms. The molecule has 19 heavy (non-hydrogen) atoms. The maximum atomic E-state index is 12.0. The van der Waals surface area contributed by atoms with Gasteiger partial charge < -0.3 is 11.1 Å². The standard InChI is InChI=1S/C15H25N3O/c1-11-8-12(16)6-7-13(11)17-14(19)9-18(5)10-15(2,3)4/h6-8H,9-10,16H2,1-5H3,(H,17,19). The van der Waals surface area contributed by atoms with Crippen molar-refractivity contribution in [3.8, 4) is 0 Å². The molecule has 1 rings (SSSR count). The average Bonchev–Trinajstić information content (AvgIpc) is 2.19. The van der Waals surface area contributed by atoms with Crippen molar-refractivity contribution in [3.05, 3.63) is 23.8 Å². The smallest absolute Gasteiger partial charge is 0.238 e. The summed E-state index contributed by atoms with van der Waals surface area (Å²) < 4.78 is 0. The van der Waals surface area contributed by atoms with Gasteiger partial charge in [0.25, 0.3) is 0 Å². The minimum atomic E-state index is -0.000351. The highest BCUT2D eigenvalue weighted by molar-refractivity contribution is 5.93. The van der Waals surface area contributed by atoms with Gasteiger partial charge >= 0.3 is 0 Å². The Balaban J connectivity index is 2.56. The van der Waals surface area contributed by atoms with Crippen LogP contribution in [0.4, 0.5) is 11.4 Å². The molecule has 4 nitrogen and oxygen atoms in total. The first kappa shape index (κ1) is 15.5. The molecule has 4 heteroatoms. The summed E-state index contributed by atoms with van der Waals surface area (Å²) in [5.74, 6) is -0.000351. The lowest BCUT2D eigenvalue weighted by atomic mass is 9.96. The van der Waals surface area contributed by atoms with Gasteiger partial charge in [0.05, 0.1) is 6.54 Å². The van der Waals surface area contributed by atoms with E-state index >= 15 is 0 Å². The van der Waals surface area contributed by atoms with E-state index in [-0.39, 0.29) is 11.3 Å². The van der Waals surface area contributed by atoms with Gasteiger partial charge in [-0.3, -0.25) is 9.69 Å². The van der Waals surface area contributed by atoms with Crippen LogP contribution >= 0.6 is 0 Å². The summed E-state index contributed by atoms with van der Waals surface area (Å²) in [5, 5.41) is 2.92. The Morgan fingerprint density at radius 2 is 2.00 bits per heavy atom. The second kappa shape index (κ2) is 6.06. The highest BCUT2D eigenvalue weighted by Gasteiger charge is 2.15. The third-order valence-corrected chi connectivity index (χ3v) is 2.68. The Morgan fingerprint density at radius 1 is 1.37 bits per heavy atom. The van der Waals surface area contributed by atoms with E-state index in [1.165, 1.54) is 0 Å². The highest BCUT2D eigenvalue weighted by atomic mass is 16.2. The Labute approximate surface area is 116 Å². The first-order chi connectivity index (χ1) is 8.67. The van der Waals surface area contributed by atoms with Gasteiger partial charge in [0.1, 0.15) is 0 Å². The molecule has 0 heterocycles. The van der Waals surface area contributed by atoms with Crippen molar-refractivity contribution in [2.24, 2.45) is 5.41 Å². The molecule has 0 aromatic heterocycles. The van der Waals surface area contributed by atoms with E-state index in [0.29, 0.717) is 12.2 Å². The van der Waals surface area contributed by atoms with Crippen LogP contribution in [0.5, 0.6) is 0 Å². The lowest BCUT2D eigenvalue weighted by molar-refractivity contribution is -0.117. The first-order valence-electron chi connectivity index (χ1n) is 6.52. The minimum Gasteiger partial charge on any atom is -0.399 e. The van der Waals surface area contributed by atoms with E-state index in [9.17, 15) is 4.79 Å². The number of amides is 1. The molecule has 0 fully saturated rings. The monoisotopic (exact) mass is 263 g/mol. The summed E-state index contributed by atoms with van der Waals surface area (Å²) in [6.07, 6.45) is 0. The molecule has 0 aliphatic carbocycles.